The van der Waals surface area contributed by atoms with Gasteiger partial charge in [0.05, 0.1) is 25.7 Å². The standard InChI is InChI=1S/C11H11F3INO4/c1-3-19-9(17)4-6-7(20-11(12,13)14)5-8(15)16-10(6)18-2/h5H,3-4H2,1-2H3. The maximum atomic E-state index is 12.4. The molecular formula is C11H11F3INO4. The summed E-state index contributed by atoms with van der Waals surface area (Å²) in [5, 5.41) is 0. The number of carbonyl (C=O) groups is 1. The lowest BCUT2D eigenvalue weighted by Gasteiger charge is -2.15. The molecule has 0 N–H and O–H groups in total. The number of alkyl halides is 3. The molecular weight excluding hydrogens is 394 g/mol. The molecule has 112 valence electrons. The van der Waals surface area contributed by atoms with Gasteiger partial charge < -0.3 is 14.2 Å². The smallest absolute Gasteiger partial charge is 0.481 e. The Morgan fingerprint density at radius 1 is 1.45 bits per heavy atom. The number of rotatable bonds is 5. The second kappa shape index (κ2) is 6.95. The molecule has 0 saturated heterocycles. The first-order valence-electron chi connectivity index (χ1n) is 5.41. The van der Waals surface area contributed by atoms with E-state index in [1.165, 1.54) is 7.11 Å². The van der Waals surface area contributed by atoms with Gasteiger partial charge in [0, 0.05) is 6.07 Å². The van der Waals surface area contributed by atoms with Gasteiger partial charge in [-0.2, -0.15) is 0 Å². The SMILES string of the molecule is CCOC(=O)Cc1c(OC(F)(F)F)cc(I)nc1OC. The molecule has 0 fully saturated rings. The molecule has 1 heterocycles. The molecule has 20 heavy (non-hydrogen) atoms. The number of halogens is 4. The lowest BCUT2D eigenvalue weighted by atomic mass is 10.2. The third kappa shape index (κ3) is 5.02. The number of nitrogens with zero attached hydrogens (tertiary/aromatic N) is 1. The maximum Gasteiger partial charge on any atom is 0.573 e. The van der Waals surface area contributed by atoms with Gasteiger partial charge in [0.15, 0.2) is 0 Å². The van der Waals surface area contributed by atoms with Crippen molar-refractivity contribution < 1.29 is 32.2 Å². The van der Waals surface area contributed by atoms with Crippen molar-refractivity contribution in [3.05, 3.63) is 15.3 Å². The minimum absolute atomic E-state index is 0.107. The van der Waals surface area contributed by atoms with Crippen molar-refractivity contribution in [2.45, 2.75) is 19.7 Å². The zero-order chi connectivity index (χ0) is 15.3. The summed E-state index contributed by atoms with van der Waals surface area (Å²) in [5.41, 5.74) is -0.108. The summed E-state index contributed by atoms with van der Waals surface area (Å²) < 4.78 is 50.8. The van der Waals surface area contributed by atoms with Crippen LogP contribution in [0.1, 0.15) is 12.5 Å². The molecule has 0 unspecified atom stereocenters. The van der Waals surface area contributed by atoms with Crippen LogP contribution in [0.2, 0.25) is 0 Å². The van der Waals surface area contributed by atoms with Gasteiger partial charge >= 0.3 is 12.3 Å². The maximum absolute atomic E-state index is 12.4. The second-order valence-electron chi connectivity index (χ2n) is 3.46. The van der Waals surface area contributed by atoms with Gasteiger partial charge in [-0.25, -0.2) is 4.98 Å². The van der Waals surface area contributed by atoms with Gasteiger partial charge in [-0.15, -0.1) is 13.2 Å². The minimum atomic E-state index is -4.88. The van der Waals surface area contributed by atoms with E-state index in [0.717, 1.165) is 6.07 Å². The summed E-state index contributed by atoms with van der Waals surface area (Å²) in [5.74, 6) is -1.33. The Balaban J connectivity index is 3.18. The van der Waals surface area contributed by atoms with Gasteiger partial charge in [-0.05, 0) is 29.5 Å². The molecule has 0 bridgehead atoms. The van der Waals surface area contributed by atoms with E-state index in [9.17, 15) is 18.0 Å². The van der Waals surface area contributed by atoms with E-state index < -0.39 is 24.5 Å². The molecule has 0 radical (unpaired) electrons. The Morgan fingerprint density at radius 3 is 2.60 bits per heavy atom. The first-order chi connectivity index (χ1) is 9.26. The van der Waals surface area contributed by atoms with Gasteiger partial charge in [-0.3, -0.25) is 4.79 Å². The van der Waals surface area contributed by atoms with E-state index in [4.69, 9.17) is 9.47 Å². The highest BCUT2D eigenvalue weighted by molar-refractivity contribution is 14.1. The number of ether oxygens (including phenoxy) is 3. The number of esters is 1. The van der Waals surface area contributed by atoms with Crippen LogP contribution in [0.3, 0.4) is 0 Å². The summed E-state index contributed by atoms with van der Waals surface area (Å²) in [6.07, 6.45) is -5.30. The lowest BCUT2D eigenvalue weighted by molar-refractivity contribution is -0.275. The molecule has 0 aliphatic rings. The van der Waals surface area contributed by atoms with Gasteiger partial charge in [-0.1, -0.05) is 0 Å². The average Bonchev–Trinajstić information content (AvgIpc) is 2.30. The van der Waals surface area contributed by atoms with Crippen LogP contribution in [-0.4, -0.2) is 31.0 Å². The Kier molecular flexibility index (Phi) is 5.84. The van der Waals surface area contributed by atoms with Crippen molar-refractivity contribution in [3.63, 3.8) is 0 Å². The van der Waals surface area contributed by atoms with Crippen LogP contribution in [0.4, 0.5) is 13.2 Å². The molecule has 1 aromatic rings. The van der Waals surface area contributed by atoms with Crippen LogP contribution < -0.4 is 9.47 Å². The van der Waals surface area contributed by atoms with Crippen LogP contribution in [0, 0.1) is 3.70 Å². The highest BCUT2D eigenvalue weighted by atomic mass is 127. The van der Waals surface area contributed by atoms with Crippen molar-refractivity contribution in [2.75, 3.05) is 13.7 Å². The highest BCUT2D eigenvalue weighted by Gasteiger charge is 2.33. The molecule has 0 aliphatic carbocycles. The van der Waals surface area contributed by atoms with Gasteiger partial charge in [0.1, 0.15) is 9.45 Å². The van der Waals surface area contributed by atoms with E-state index in [2.05, 4.69) is 9.72 Å². The first kappa shape index (κ1) is 16.8. The van der Waals surface area contributed by atoms with E-state index in [-0.39, 0.29) is 21.8 Å². The third-order valence-electron chi connectivity index (χ3n) is 2.06. The van der Waals surface area contributed by atoms with Crippen molar-refractivity contribution >= 4 is 28.6 Å². The van der Waals surface area contributed by atoms with Crippen molar-refractivity contribution in [1.82, 2.24) is 4.98 Å². The third-order valence-corrected chi connectivity index (χ3v) is 2.61. The number of hydrogen-bond acceptors (Lipinski definition) is 5. The van der Waals surface area contributed by atoms with Crippen LogP contribution in [0.5, 0.6) is 11.6 Å². The summed E-state index contributed by atoms with van der Waals surface area (Å²) >= 11 is 1.72. The molecule has 1 aromatic heterocycles. The molecule has 0 amide bonds. The fourth-order valence-corrected chi connectivity index (χ4v) is 1.90. The molecule has 0 aromatic carbocycles. The highest BCUT2D eigenvalue weighted by Crippen LogP contribution is 2.33. The van der Waals surface area contributed by atoms with Gasteiger partial charge in [0.2, 0.25) is 5.88 Å². The Morgan fingerprint density at radius 2 is 2.10 bits per heavy atom. The van der Waals surface area contributed by atoms with Crippen LogP contribution in [0.25, 0.3) is 0 Å². The summed E-state index contributed by atoms with van der Waals surface area (Å²) in [6, 6.07) is 1.07. The molecule has 1 rings (SSSR count). The van der Waals surface area contributed by atoms with Crippen molar-refractivity contribution in [1.29, 1.82) is 0 Å². The van der Waals surface area contributed by atoms with Crippen LogP contribution in [-0.2, 0) is 16.0 Å². The predicted molar refractivity (Wildman–Crippen MR) is 70.5 cm³/mol. The Bertz CT molecular complexity index is 493. The molecule has 0 aliphatic heterocycles. The fourth-order valence-electron chi connectivity index (χ4n) is 1.40. The molecule has 0 saturated carbocycles. The van der Waals surface area contributed by atoms with Crippen LogP contribution >= 0.6 is 22.6 Å². The minimum Gasteiger partial charge on any atom is -0.481 e. The number of aromatic nitrogens is 1. The Hall–Kier alpha value is -1.26. The molecule has 9 heteroatoms. The average molecular weight is 405 g/mol. The fraction of sp³-hybridized carbons (Fsp3) is 0.455. The molecule has 0 atom stereocenters. The second-order valence-corrected chi connectivity index (χ2v) is 4.57. The summed E-state index contributed by atoms with van der Waals surface area (Å²) in [6.45, 7) is 1.71. The number of hydrogen-bond donors (Lipinski definition) is 0. The first-order valence-corrected chi connectivity index (χ1v) is 6.49. The summed E-state index contributed by atoms with van der Waals surface area (Å²) in [4.78, 5) is 15.3. The van der Waals surface area contributed by atoms with E-state index in [1.54, 1.807) is 29.5 Å². The monoisotopic (exact) mass is 405 g/mol. The molecule has 5 nitrogen and oxygen atoms in total. The predicted octanol–water partition coefficient (Wildman–Crippen LogP) is 2.70. The summed E-state index contributed by atoms with van der Waals surface area (Å²) in [7, 11) is 1.24. The topological polar surface area (TPSA) is 57.7 Å². The van der Waals surface area contributed by atoms with E-state index >= 15 is 0 Å². The normalized spacial score (nSPS) is 11.1. The van der Waals surface area contributed by atoms with E-state index in [0.29, 0.717) is 0 Å². The zero-order valence-corrected chi connectivity index (χ0v) is 12.7. The number of methoxy groups -OCH3 is 1. The van der Waals surface area contributed by atoms with Crippen molar-refractivity contribution in [3.8, 4) is 11.6 Å². The van der Waals surface area contributed by atoms with Crippen LogP contribution in [0.15, 0.2) is 6.07 Å². The number of carbonyl (C=O) groups excluding carboxylic acids is 1. The lowest BCUT2D eigenvalue weighted by Crippen LogP contribution is -2.20. The van der Waals surface area contributed by atoms with Gasteiger partial charge in [0.25, 0.3) is 0 Å². The molecule has 0 spiro atoms. The Labute approximate surface area is 126 Å². The largest absolute Gasteiger partial charge is 0.573 e. The zero-order valence-electron chi connectivity index (χ0n) is 10.6. The van der Waals surface area contributed by atoms with E-state index in [1.807, 2.05) is 0 Å². The number of pyridine rings is 1. The van der Waals surface area contributed by atoms with Crippen molar-refractivity contribution in [2.24, 2.45) is 0 Å². The quantitative estimate of drug-likeness (QED) is 0.429.